The molecule has 0 amide bonds. The van der Waals surface area contributed by atoms with Gasteiger partial charge in [0.1, 0.15) is 11.5 Å². The molecule has 0 radical (unpaired) electrons. The number of anilines is 1. The number of furan rings is 1. The van der Waals surface area contributed by atoms with E-state index in [0.717, 1.165) is 30.2 Å². The summed E-state index contributed by atoms with van der Waals surface area (Å²) in [5.74, 6) is 1.92. The molecule has 1 heterocycles. The molecule has 0 bridgehead atoms. The highest BCUT2D eigenvalue weighted by atomic mass is 16.3. The van der Waals surface area contributed by atoms with Crippen molar-refractivity contribution in [3.8, 4) is 11.1 Å². The van der Waals surface area contributed by atoms with Crippen molar-refractivity contribution in [2.45, 2.75) is 19.9 Å². The number of hydrogen-bond donors (Lipinski definition) is 1. The highest BCUT2D eigenvalue weighted by Gasteiger charge is 2.17. The monoisotopic (exact) mass is 275 g/mol. The van der Waals surface area contributed by atoms with E-state index in [9.17, 15) is 0 Å². The van der Waals surface area contributed by atoms with Crippen LogP contribution in [0.4, 0.5) is 5.69 Å². The van der Waals surface area contributed by atoms with Gasteiger partial charge in [0.05, 0.1) is 6.54 Å². The van der Waals surface area contributed by atoms with E-state index in [1.807, 2.05) is 19.1 Å². The maximum atomic E-state index is 5.59. The molecule has 2 heteroatoms. The van der Waals surface area contributed by atoms with Gasteiger partial charge in [-0.2, -0.15) is 0 Å². The molecule has 3 aromatic rings. The number of benzene rings is 2. The average molecular weight is 275 g/mol. The molecule has 1 aliphatic rings. The fourth-order valence-electron chi connectivity index (χ4n) is 3.02. The first-order chi connectivity index (χ1) is 10.3. The van der Waals surface area contributed by atoms with Gasteiger partial charge in [-0.1, -0.05) is 30.3 Å². The van der Waals surface area contributed by atoms with E-state index >= 15 is 0 Å². The summed E-state index contributed by atoms with van der Waals surface area (Å²) in [5, 5.41) is 3.44. The second-order valence-electron chi connectivity index (χ2n) is 5.57. The van der Waals surface area contributed by atoms with E-state index in [1.165, 1.54) is 22.3 Å². The zero-order valence-corrected chi connectivity index (χ0v) is 12.0. The Labute approximate surface area is 124 Å². The molecule has 0 unspecified atom stereocenters. The lowest BCUT2D eigenvalue weighted by atomic mass is 10.1. The number of fused-ring (bicyclic) bond motifs is 3. The Morgan fingerprint density at radius 1 is 0.952 bits per heavy atom. The van der Waals surface area contributed by atoms with Crippen LogP contribution in [0.5, 0.6) is 0 Å². The Bertz CT molecular complexity index is 801. The Morgan fingerprint density at radius 2 is 1.81 bits per heavy atom. The van der Waals surface area contributed by atoms with Crippen molar-refractivity contribution in [2.24, 2.45) is 0 Å². The van der Waals surface area contributed by atoms with Crippen LogP contribution in [0.25, 0.3) is 11.1 Å². The third-order valence-electron chi connectivity index (χ3n) is 4.06. The highest BCUT2D eigenvalue weighted by molar-refractivity contribution is 5.78. The second-order valence-corrected chi connectivity index (χ2v) is 5.57. The van der Waals surface area contributed by atoms with Gasteiger partial charge in [-0.05, 0) is 59.9 Å². The molecule has 0 aliphatic heterocycles. The van der Waals surface area contributed by atoms with Gasteiger partial charge in [-0.25, -0.2) is 0 Å². The molecule has 0 spiro atoms. The van der Waals surface area contributed by atoms with Gasteiger partial charge in [-0.15, -0.1) is 0 Å². The summed E-state index contributed by atoms with van der Waals surface area (Å²) in [4.78, 5) is 0. The lowest BCUT2D eigenvalue weighted by Crippen LogP contribution is -1.98. The minimum atomic E-state index is 0.722. The minimum Gasteiger partial charge on any atom is -0.465 e. The molecule has 2 nitrogen and oxygen atoms in total. The average Bonchev–Trinajstić information content (AvgIpc) is 3.07. The van der Waals surface area contributed by atoms with E-state index in [2.05, 4.69) is 47.8 Å². The third-order valence-corrected chi connectivity index (χ3v) is 4.06. The van der Waals surface area contributed by atoms with Crippen LogP contribution >= 0.6 is 0 Å². The first kappa shape index (κ1) is 12.3. The van der Waals surface area contributed by atoms with Gasteiger partial charge in [0, 0.05) is 5.69 Å². The quantitative estimate of drug-likeness (QED) is 0.582. The number of hydrogen-bond acceptors (Lipinski definition) is 2. The van der Waals surface area contributed by atoms with Crippen LogP contribution < -0.4 is 5.32 Å². The van der Waals surface area contributed by atoms with E-state index in [4.69, 9.17) is 4.42 Å². The molecular weight excluding hydrogens is 258 g/mol. The largest absolute Gasteiger partial charge is 0.465 e. The Kier molecular flexibility index (Phi) is 2.81. The van der Waals surface area contributed by atoms with Crippen LogP contribution in [0, 0.1) is 6.92 Å². The first-order valence-electron chi connectivity index (χ1n) is 7.30. The third kappa shape index (κ3) is 2.23. The summed E-state index contributed by atoms with van der Waals surface area (Å²) in [6, 6.07) is 19.3. The summed E-state index contributed by atoms with van der Waals surface area (Å²) >= 11 is 0. The van der Waals surface area contributed by atoms with Crippen LogP contribution in [0.2, 0.25) is 0 Å². The molecule has 104 valence electrons. The lowest BCUT2D eigenvalue weighted by molar-refractivity contribution is 0.490. The van der Waals surface area contributed by atoms with Gasteiger partial charge >= 0.3 is 0 Å². The Balaban J connectivity index is 1.56. The zero-order chi connectivity index (χ0) is 14.2. The fraction of sp³-hybridized carbons (Fsp3) is 0.158. The molecule has 0 atom stereocenters. The predicted octanol–water partition coefficient (Wildman–Crippen LogP) is 4.77. The van der Waals surface area contributed by atoms with Gasteiger partial charge in [-0.3, -0.25) is 0 Å². The molecule has 1 aromatic heterocycles. The number of nitrogens with one attached hydrogen (secondary N) is 1. The summed E-state index contributed by atoms with van der Waals surface area (Å²) in [5.41, 5.74) is 6.71. The van der Waals surface area contributed by atoms with Crippen molar-refractivity contribution in [1.82, 2.24) is 0 Å². The van der Waals surface area contributed by atoms with Crippen molar-refractivity contribution in [3.63, 3.8) is 0 Å². The highest BCUT2D eigenvalue weighted by Crippen LogP contribution is 2.37. The molecule has 4 rings (SSSR count). The van der Waals surface area contributed by atoms with Crippen molar-refractivity contribution in [3.05, 3.63) is 77.2 Å². The Morgan fingerprint density at radius 3 is 2.67 bits per heavy atom. The predicted molar refractivity (Wildman–Crippen MR) is 85.5 cm³/mol. The number of rotatable bonds is 3. The molecule has 1 aliphatic carbocycles. The van der Waals surface area contributed by atoms with E-state index in [0.29, 0.717) is 0 Å². The van der Waals surface area contributed by atoms with Crippen LogP contribution in [0.1, 0.15) is 22.6 Å². The summed E-state index contributed by atoms with van der Waals surface area (Å²) in [6.45, 7) is 2.69. The SMILES string of the molecule is Cc1ccc(CNc2ccc3c(c2)Cc2ccccc2-3)o1. The standard InChI is InChI=1S/C19H17NO/c1-13-6-8-17(21-13)12-20-16-7-9-19-15(11-16)10-14-4-2-3-5-18(14)19/h2-9,11,20H,10,12H2,1H3. The molecule has 0 saturated carbocycles. The molecule has 0 saturated heterocycles. The molecule has 2 aromatic carbocycles. The molecule has 21 heavy (non-hydrogen) atoms. The minimum absolute atomic E-state index is 0.722. The van der Waals surface area contributed by atoms with Gasteiger partial charge in [0.25, 0.3) is 0 Å². The van der Waals surface area contributed by atoms with E-state index in [-0.39, 0.29) is 0 Å². The van der Waals surface area contributed by atoms with Crippen LogP contribution in [0.3, 0.4) is 0 Å². The Hall–Kier alpha value is -2.48. The fourth-order valence-corrected chi connectivity index (χ4v) is 3.02. The smallest absolute Gasteiger partial charge is 0.123 e. The molecule has 0 fully saturated rings. The van der Waals surface area contributed by atoms with Crippen LogP contribution in [0.15, 0.2) is 59.0 Å². The van der Waals surface area contributed by atoms with E-state index in [1.54, 1.807) is 0 Å². The van der Waals surface area contributed by atoms with Crippen molar-refractivity contribution in [2.75, 3.05) is 5.32 Å². The normalized spacial score (nSPS) is 12.0. The van der Waals surface area contributed by atoms with E-state index < -0.39 is 0 Å². The van der Waals surface area contributed by atoms with Crippen molar-refractivity contribution in [1.29, 1.82) is 0 Å². The van der Waals surface area contributed by atoms with Gasteiger partial charge < -0.3 is 9.73 Å². The van der Waals surface area contributed by atoms with Gasteiger partial charge in [0.15, 0.2) is 0 Å². The maximum Gasteiger partial charge on any atom is 0.123 e. The first-order valence-corrected chi connectivity index (χ1v) is 7.30. The second kappa shape index (κ2) is 4.81. The maximum absolute atomic E-state index is 5.59. The van der Waals surface area contributed by atoms with Crippen LogP contribution in [-0.2, 0) is 13.0 Å². The van der Waals surface area contributed by atoms with Crippen LogP contribution in [-0.4, -0.2) is 0 Å². The van der Waals surface area contributed by atoms with Gasteiger partial charge in [0.2, 0.25) is 0 Å². The van der Waals surface area contributed by atoms with Crippen molar-refractivity contribution < 1.29 is 4.42 Å². The summed E-state index contributed by atoms with van der Waals surface area (Å²) in [7, 11) is 0. The summed E-state index contributed by atoms with van der Waals surface area (Å²) in [6.07, 6.45) is 1.03. The lowest BCUT2D eigenvalue weighted by Gasteiger charge is -2.07. The molecular formula is C19H17NO. The zero-order valence-electron chi connectivity index (χ0n) is 12.0. The number of aryl methyl sites for hydroxylation is 1. The van der Waals surface area contributed by atoms with Crippen molar-refractivity contribution >= 4 is 5.69 Å². The topological polar surface area (TPSA) is 25.2 Å². The summed E-state index contributed by atoms with van der Waals surface area (Å²) < 4.78 is 5.59. The molecule has 1 N–H and O–H groups in total.